The highest BCUT2D eigenvalue weighted by Crippen LogP contribution is 2.62. The Morgan fingerprint density at radius 1 is 1.47 bits per heavy atom. The molecule has 80 valence electrons. The summed E-state index contributed by atoms with van der Waals surface area (Å²) >= 11 is 3.72. The number of halogens is 1. The average Bonchev–Trinajstić information content (AvgIpc) is 2.90. The number of benzene rings is 1. The zero-order valence-corrected chi connectivity index (χ0v) is 10.6. The van der Waals surface area contributed by atoms with Crippen molar-refractivity contribution in [2.75, 3.05) is 13.6 Å². The van der Waals surface area contributed by atoms with E-state index in [-0.39, 0.29) is 0 Å². The molecular weight excluding hydrogens is 250 g/mol. The molecule has 1 atom stereocenters. The molecular formula is C13H16BrN. The van der Waals surface area contributed by atoms with E-state index >= 15 is 0 Å². The molecule has 1 saturated carbocycles. The third kappa shape index (κ3) is 1.38. The fourth-order valence-corrected chi connectivity index (χ4v) is 3.96. The first-order chi connectivity index (χ1) is 7.27. The highest BCUT2D eigenvalue weighted by atomic mass is 79.9. The van der Waals surface area contributed by atoms with Crippen molar-refractivity contribution in [3.05, 3.63) is 33.8 Å². The first-order valence-corrected chi connectivity index (χ1v) is 6.50. The van der Waals surface area contributed by atoms with Crippen LogP contribution in [0.25, 0.3) is 0 Å². The Bertz CT molecular complexity index is 396. The molecule has 0 bridgehead atoms. The van der Waals surface area contributed by atoms with E-state index in [4.69, 9.17) is 0 Å². The Hall–Kier alpha value is -0.340. The molecule has 3 rings (SSSR count). The normalized spacial score (nSPS) is 25.6. The summed E-state index contributed by atoms with van der Waals surface area (Å²) in [6, 6.07) is 6.68. The number of rotatable bonds is 2. The molecule has 2 heteroatoms. The van der Waals surface area contributed by atoms with Gasteiger partial charge in [-0.2, -0.15) is 0 Å². The molecule has 1 unspecified atom stereocenters. The number of nitrogens with one attached hydrogen (secondary N) is 1. The summed E-state index contributed by atoms with van der Waals surface area (Å²) in [5.74, 6) is 0.727. The number of hydrogen-bond acceptors (Lipinski definition) is 1. The molecule has 1 nitrogen and oxygen atoms in total. The van der Waals surface area contributed by atoms with Crippen molar-refractivity contribution in [3.8, 4) is 0 Å². The lowest BCUT2D eigenvalue weighted by atomic mass is 9.98. The zero-order chi connectivity index (χ0) is 10.5. The van der Waals surface area contributed by atoms with Gasteiger partial charge in [-0.25, -0.2) is 0 Å². The molecule has 1 aromatic carbocycles. The summed E-state index contributed by atoms with van der Waals surface area (Å²) in [6.45, 7) is 1.12. The van der Waals surface area contributed by atoms with Gasteiger partial charge in [0, 0.05) is 11.0 Å². The van der Waals surface area contributed by atoms with E-state index < -0.39 is 0 Å². The lowest BCUT2D eigenvalue weighted by Crippen LogP contribution is -2.15. The average molecular weight is 266 g/mol. The minimum atomic E-state index is 0.553. The van der Waals surface area contributed by atoms with E-state index in [0.717, 1.165) is 12.5 Å². The van der Waals surface area contributed by atoms with Crippen LogP contribution in [0.15, 0.2) is 22.7 Å². The van der Waals surface area contributed by atoms with Gasteiger partial charge in [-0.15, -0.1) is 0 Å². The van der Waals surface area contributed by atoms with E-state index in [2.05, 4.69) is 46.5 Å². The van der Waals surface area contributed by atoms with Crippen molar-refractivity contribution in [2.24, 2.45) is 0 Å². The van der Waals surface area contributed by atoms with Crippen molar-refractivity contribution >= 4 is 15.9 Å². The Balaban J connectivity index is 2.08. The first-order valence-electron chi connectivity index (χ1n) is 5.70. The second-order valence-electron chi connectivity index (χ2n) is 4.94. The van der Waals surface area contributed by atoms with Crippen molar-refractivity contribution in [2.45, 2.75) is 30.6 Å². The minimum Gasteiger partial charge on any atom is -0.319 e. The largest absolute Gasteiger partial charge is 0.319 e. The predicted octanol–water partition coefficient (Wildman–Crippen LogP) is 3.19. The quantitative estimate of drug-likeness (QED) is 0.866. The molecule has 0 aromatic heterocycles. The van der Waals surface area contributed by atoms with Crippen molar-refractivity contribution in [1.29, 1.82) is 0 Å². The van der Waals surface area contributed by atoms with Gasteiger partial charge in [-0.05, 0) is 54.8 Å². The van der Waals surface area contributed by atoms with Crippen molar-refractivity contribution < 1.29 is 0 Å². The smallest absolute Gasteiger partial charge is 0.0215 e. The van der Waals surface area contributed by atoms with Gasteiger partial charge in [-0.1, -0.05) is 28.1 Å². The maximum Gasteiger partial charge on any atom is 0.0215 e. The fourth-order valence-electron chi connectivity index (χ4n) is 3.16. The molecule has 0 amide bonds. The van der Waals surface area contributed by atoms with Crippen molar-refractivity contribution in [3.63, 3.8) is 0 Å². The van der Waals surface area contributed by atoms with E-state index in [0.29, 0.717) is 5.41 Å². The van der Waals surface area contributed by atoms with Crippen LogP contribution in [0.3, 0.4) is 0 Å². The van der Waals surface area contributed by atoms with Crippen LogP contribution in [0.1, 0.15) is 36.3 Å². The molecule has 2 aliphatic carbocycles. The number of likely N-dealkylation sites (N-methyl/N-ethyl adjacent to an activating group) is 1. The maximum atomic E-state index is 3.72. The molecule has 0 heterocycles. The summed E-state index contributed by atoms with van der Waals surface area (Å²) < 4.78 is 1.33. The molecule has 15 heavy (non-hydrogen) atoms. The SMILES string of the molecule is CNCC1CC2(CC2)c2c(Br)cccc21. The Morgan fingerprint density at radius 3 is 2.93 bits per heavy atom. The van der Waals surface area contributed by atoms with Crippen LogP contribution < -0.4 is 5.32 Å². The fraction of sp³-hybridized carbons (Fsp3) is 0.538. The lowest BCUT2D eigenvalue weighted by molar-refractivity contribution is 0.555. The molecule has 1 N–H and O–H groups in total. The molecule has 2 aliphatic rings. The van der Waals surface area contributed by atoms with Gasteiger partial charge >= 0.3 is 0 Å². The third-order valence-electron chi connectivity index (χ3n) is 3.96. The molecule has 0 saturated heterocycles. The summed E-state index contributed by atoms with van der Waals surface area (Å²) in [5, 5.41) is 3.32. The number of hydrogen-bond donors (Lipinski definition) is 1. The van der Waals surface area contributed by atoms with Crippen LogP contribution >= 0.6 is 15.9 Å². The summed E-state index contributed by atoms with van der Waals surface area (Å²) in [5.41, 5.74) is 3.75. The van der Waals surface area contributed by atoms with Crippen LogP contribution in [0.4, 0.5) is 0 Å². The second-order valence-corrected chi connectivity index (χ2v) is 5.80. The zero-order valence-electron chi connectivity index (χ0n) is 9.02. The van der Waals surface area contributed by atoms with Gasteiger partial charge in [0.05, 0.1) is 0 Å². The molecule has 0 aliphatic heterocycles. The lowest BCUT2D eigenvalue weighted by Gasteiger charge is -2.10. The molecule has 1 spiro atoms. The van der Waals surface area contributed by atoms with Crippen LogP contribution in [0.2, 0.25) is 0 Å². The van der Waals surface area contributed by atoms with Crippen LogP contribution in [-0.4, -0.2) is 13.6 Å². The van der Waals surface area contributed by atoms with Crippen LogP contribution in [0, 0.1) is 0 Å². The summed E-state index contributed by atoms with van der Waals surface area (Å²) in [4.78, 5) is 0. The molecule has 1 aromatic rings. The second kappa shape index (κ2) is 3.33. The van der Waals surface area contributed by atoms with Gasteiger partial charge in [0.15, 0.2) is 0 Å². The topological polar surface area (TPSA) is 12.0 Å². The van der Waals surface area contributed by atoms with Gasteiger partial charge < -0.3 is 5.32 Å². The van der Waals surface area contributed by atoms with E-state index in [9.17, 15) is 0 Å². The Morgan fingerprint density at radius 2 is 2.27 bits per heavy atom. The van der Waals surface area contributed by atoms with E-state index in [1.807, 2.05) is 0 Å². The highest BCUT2D eigenvalue weighted by Gasteiger charge is 2.52. The third-order valence-corrected chi connectivity index (χ3v) is 4.62. The predicted molar refractivity (Wildman–Crippen MR) is 66.3 cm³/mol. The van der Waals surface area contributed by atoms with Gasteiger partial charge in [0.1, 0.15) is 0 Å². The maximum absolute atomic E-state index is 3.72. The minimum absolute atomic E-state index is 0.553. The number of fused-ring (bicyclic) bond motifs is 2. The summed E-state index contributed by atoms with van der Waals surface area (Å²) in [6.07, 6.45) is 4.14. The monoisotopic (exact) mass is 265 g/mol. The van der Waals surface area contributed by atoms with Gasteiger partial charge in [-0.3, -0.25) is 0 Å². The van der Waals surface area contributed by atoms with Crippen LogP contribution in [-0.2, 0) is 5.41 Å². The van der Waals surface area contributed by atoms with E-state index in [1.165, 1.54) is 23.7 Å². The molecule has 0 radical (unpaired) electrons. The Labute approximate surface area is 99.4 Å². The highest BCUT2D eigenvalue weighted by molar-refractivity contribution is 9.10. The van der Waals surface area contributed by atoms with Crippen LogP contribution in [0.5, 0.6) is 0 Å². The van der Waals surface area contributed by atoms with E-state index in [1.54, 1.807) is 11.1 Å². The Kier molecular flexibility index (Phi) is 2.18. The van der Waals surface area contributed by atoms with Gasteiger partial charge in [0.25, 0.3) is 0 Å². The van der Waals surface area contributed by atoms with Crippen molar-refractivity contribution in [1.82, 2.24) is 5.32 Å². The first kappa shape index (κ1) is 9.86. The van der Waals surface area contributed by atoms with Gasteiger partial charge in [0.2, 0.25) is 0 Å². The summed E-state index contributed by atoms with van der Waals surface area (Å²) in [7, 11) is 2.05. The molecule has 1 fully saturated rings. The standard InChI is InChI=1S/C13H16BrN/c1-15-8-9-7-13(5-6-13)12-10(9)3-2-4-11(12)14/h2-4,9,15H,5-8H2,1H3.